The monoisotopic (exact) mass is 343 g/mol. The maximum atomic E-state index is 12.6. The Balaban J connectivity index is 1.58. The van der Waals surface area contributed by atoms with Crippen molar-refractivity contribution < 1.29 is 4.79 Å². The first-order chi connectivity index (χ1) is 11.6. The molecule has 1 aromatic carbocycles. The van der Waals surface area contributed by atoms with Crippen LogP contribution < -0.4 is 5.32 Å². The number of thiazole rings is 1. The van der Waals surface area contributed by atoms with Crippen molar-refractivity contribution >= 4 is 17.2 Å². The largest absolute Gasteiger partial charge is 0.341 e. The van der Waals surface area contributed by atoms with Crippen LogP contribution in [0.5, 0.6) is 0 Å². The zero-order valence-corrected chi connectivity index (χ0v) is 15.2. The Morgan fingerprint density at radius 1 is 1.38 bits per heavy atom. The number of carbonyl (C=O) groups is 1. The molecule has 2 heterocycles. The van der Waals surface area contributed by atoms with Crippen LogP contribution in [0.4, 0.5) is 0 Å². The summed E-state index contributed by atoms with van der Waals surface area (Å²) in [6.07, 6.45) is 3.32. The third-order valence-corrected chi connectivity index (χ3v) is 5.79. The summed E-state index contributed by atoms with van der Waals surface area (Å²) < 4.78 is 0. The lowest BCUT2D eigenvalue weighted by molar-refractivity contribution is 0.0796. The van der Waals surface area contributed by atoms with Gasteiger partial charge in [0, 0.05) is 37.0 Å². The Hall–Kier alpha value is -1.72. The molecule has 1 aliphatic heterocycles. The van der Waals surface area contributed by atoms with Gasteiger partial charge in [-0.1, -0.05) is 12.1 Å². The van der Waals surface area contributed by atoms with Gasteiger partial charge in [-0.05, 0) is 49.9 Å². The molecule has 0 unspecified atom stereocenters. The minimum Gasteiger partial charge on any atom is -0.341 e. The Morgan fingerprint density at radius 2 is 2.17 bits per heavy atom. The molecule has 0 bridgehead atoms. The summed E-state index contributed by atoms with van der Waals surface area (Å²) in [5.41, 5.74) is 5.05. The van der Waals surface area contributed by atoms with Crippen molar-refractivity contribution in [1.82, 2.24) is 15.2 Å². The van der Waals surface area contributed by atoms with E-state index in [1.54, 1.807) is 16.2 Å². The van der Waals surface area contributed by atoms with Gasteiger partial charge in [0.05, 0.1) is 11.2 Å². The second-order valence-electron chi connectivity index (χ2n) is 6.50. The first kappa shape index (κ1) is 17.1. The van der Waals surface area contributed by atoms with Crippen LogP contribution in [-0.4, -0.2) is 42.5 Å². The molecule has 0 radical (unpaired) electrons. The standard InChI is InChI=1S/C19H25N3OS/c1-14-18(24-13-21-14)9-11-22(2)19(23)16-7-5-15(6-8-16)17-4-3-10-20-12-17/h5-8,13,17,20H,3-4,9-12H2,1-2H3/t17-/m0/s1. The van der Waals surface area contributed by atoms with Gasteiger partial charge in [-0.15, -0.1) is 11.3 Å². The average molecular weight is 343 g/mol. The molecule has 1 aliphatic rings. The van der Waals surface area contributed by atoms with Crippen LogP contribution in [0.25, 0.3) is 0 Å². The molecule has 4 nitrogen and oxygen atoms in total. The normalized spacial score (nSPS) is 17.7. The molecule has 5 heteroatoms. The molecule has 0 saturated carbocycles. The maximum Gasteiger partial charge on any atom is 0.253 e. The topological polar surface area (TPSA) is 45.2 Å². The average Bonchev–Trinajstić information content (AvgIpc) is 3.05. The number of aryl methyl sites for hydroxylation is 1. The Labute approximate surface area is 147 Å². The fourth-order valence-electron chi connectivity index (χ4n) is 3.19. The maximum absolute atomic E-state index is 12.6. The van der Waals surface area contributed by atoms with Crippen molar-refractivity contribution in [3.8, 4) is 0 Å². The van der Waals surface area contributed by atoms with Gasteiger partial charge in [-0.25, -0.2) is 4.98 Å². The molecule has 2 aromatic rings. The minimum atomic E-state index is 0.0884. The summed E-state index contributed by atoms with van der Waals surface area (Å²) in [6.45, 7) is 4.90. The van der Waals surface area contributed by atoms with Gasteiger partial charge >= 0.3 is 0 Å². The molecule has 24 heavy (non-hydrogen) atoms. The highest BCUT2D eigenvalue weighted by molar-refractivity contribution is 7.09. The number of likely N-dealkylation sites (N-methyl/N-ethyl adjacent to an activating group) is 1. The molecule has 1 saturated heterocycles. The Kier molecular flexibility index (Phi) is 5.63. The molecule has 1 amide bonds. The summed E-state index contributed by atoms with van der Waals surface area (Å²) in [5.74, 6) is 0.667. The van der Waals surface area contributed by atoms with Gasteiger partial charge in [0.25, 0.3) is 5.91 Å². The lowest BCUT2D eigenvalue weighted by Gasteiger charge is -2.23. The molecular formula is C19H25N3OS. The van der Waals surface area contributed by atoms with Crippen molar-refractivity contribution in [2.75, 3.05) is 26.7 Å². The number of hydrogen-bond acceptors (Lipinski definition) is 4. The lowest BCUT2D eigenvalue weighted by atomic mass is 9.91. The van der Waals surface area contributed by atoms with Crippen molar-refractivity contribution in [2.24, 2.45) is 0 Å². The number of amides is 1. The number of aromatic nitrogens is 1. The van der Waals surface area contributed by atoms with Crippen molar-refractivity contribution in [3.05, 3.63) is 51.5 Å². The van der Waals surface area contributed by atoms with Crippen molar-refractivity contribution in [1.29, 1.82) is 0 Å². The summed E-state index contributed by atoms with van der Waals surface area (Å²) >= 11 is 1.66. The number of piperidine rings is 1. The molecule has 1 aromatic heterocycles. The van der Waals surface area contributed by atoms with Crippen LogP contribution in [0.2, 0.25) is 0 Å². The van der Waals surface area contributed by atoms with E-state index in [0.717, 1.165) is 37.3 Å². The molecule has 0 aliphatic carbocycles. The van der Waals surface area contributed by atoms with Crippen LogP contribution in [0.3, 0.4) is 0 Å². The van der Waals surface area contributed by atoms with E-state index < -0.39 is 0 Å². The predicted molar refractivity (Wildman–Crippen MR) is 98.8 cm³/mol. The van der Waals surface area contributed by atoms with Gasteiger partial charge in [-0.2, -0.15) is 0 Å². The Bertz CT molecular complexity index is 674. The summed E-state index contributed by atoms with van der Waals surface area (Å²) in [6, 6.07) is 8.18. The zero-order valence-electron chi connectivity index (χ0n) is 14.4. The number of rotatable bonds is 5. The van der Waals surface area contributed by atoms with Crippen molar-refractivity contribution in [3.63, 3.8) is 0 Å². The second-order valence-corrected chi connectivity index (χ2v) is 7.44. The first-order valence-electron chi connectivity index (χ1n) is 8.60. The Morgan fingerprint density at radius 3 is 2.79 bits per heavy atom. The number of hydrogen-bond donors (Lipinski definition) is 1. The third kappa shape index (κ3) is 4.02. The van der Waals surface area contributed by atoms with E-state index in [0.29, 0.717) is 5.92 Å². The summed E-state index contributed by atoms with van der Waals surface area (Å²) in [7, 11) is 1.87. The molecule has 128 valence electrons. The van der Waals surface area contributed by atoms with Gasteiger partial charge in [-0.3, -0.25) is 4.79 Å². The smallest absolute Gasteiger partial charge is 0.253 e. The van der Waals surface area contributed by atoms with E-state index in [1.807, 2.05) is 31.6 Å². The summed E-state index contributed by atoms with van der Waals surface area (Å²) in [5, 5.41) is 3.44. The predicted octanol–water partition coefficient (Wildman–Crippen LogP) is 3.23. The number of benzene rings is 1. The molecule has 0 spiro atoms. The molecule has 1 fully saturated rings. The van der Waals surface area contributed by atoms with Gasteiger partial charge in [0.15, 0.2) is 0 Å². The highest BCUT2D eigenvalue weighted by Gasteiger charge is 2.17. The van der Waals surface area contributed by atoms with Crippen LogP contribution >= 0.6 is 11.3 Å². The van der Waals surface area contributed by atoms with Gasteiger partial charge in [0.2, 0.25) is 0 Å². The number of carbonyl (C=O) groups excluding carboxylic acids is 1. The second kappa shape index (κ2) is 7.90. The van der Waals surface area contributed by atoms with Gasteiger partial charge in [0.1, 0.15) is 0 Å². The molecule has 1 N–H and O–H groups in total. The molecule has 1 atom stereocenters. The number of nitrogens with zero attached hydrogens (tertiary/aromatic N) is 2. The van der Waals surface area contributed by atoms with Crippen LogP contribution in [0.15, 0.2) is 29.8 Å². The quantitative estimate of drug-likeness (QED) is 0.906. The van der Waals surface area contributed by atoms with E-state index in [1.165, 1.54) is 23.3 Å². The van der Waals surface area contributed by atoms with E-state index >= 15 is 0 Å². The van der Waals surface area contributed by atoms with E-state index in [9.17, 15) is 4.79 Å². The van der Waals surface area contributed by atoms with Crippen molar-refractivity contribution in [2.45, 2.75) is 32.1 Å². The third-order valence-electron chi connectivity index (χ3n) is 4.79. The highest BCUT2D eigenvalue weighted by Crippen LogP contribution is 2.23. The number of nitrogens with one attached hydrogen (secondary N) is 1. The molecule has 3 rings (SSSR count). The van der Waals surface area contributed by atoms with Crippen LogP contribution in [0, 0.1) is 6.92 Å². The van der Waals surface area contributed by atoms with Gasteiger partial charge < -0.3 is 10.2 Å². The molecular weight excluding hydrogens is 318 g/mol. The van der Waals surface area contributed by atoms with Crippen LogP contribution in [0.1, 0.15) is 45.3 Å². The fraction of sp³-hybridized carbons (Fsp3) is 0.474. The lowest BCUT2D eigenvalue weighted by Crippen LogP contribution is -2.29. The zero-order chi connectivity index (χ0) is 16.9. The van der Waals surface area contributed by atoms with E-state index in [-0.39, 0.29) is 5.91 Å². The van der Waals surface area contributed by atoms with E-state index in [2.05, 4.69) is 22.4 Å². The fourth-order valence-corrected chi connectivity index (χ4v) is 3.96. The first-order valence-corrected chi connectivity index (χ1v) is 9.48. The highest BCUT2D eigenvalue weighted by atomic mass is 32.1. The minimum absolute atomic E-state index is 0.0884. The van der Waals surface area contributed by atoms with Crippen LogP contribution in [-0.2, 0) is 6.42 Å². The summed E-state index contributed by atoms with van der Waals surface area (Å²) in [4.78, 5) is 19.9. The van der Waals surface area contributed by atoms with E-state index in [4.69, 9.17) is 0 Å². The SMILES string of the molecule is Cc1ncsc1CCN(C)C(=O)c1ccc([C@H]2CCCNC2)cc1.